The van der Waals surface area contributed by atoms with Crippen molar-refractivity contribution in [2.45, 2.75) is 51.5 Å². The van der Waals surface area contributed by atoms with Gasteiger partial charge in [-0.15, -0.1) is 0 Å². The molecular formula is C20H28N2O3. The lowest BCUT2D eigenvalue weighted by molar-refractivity contribution is -0.121. The highest BCUT2D eigenvalue weighted by molar-refractivity contribution is 5.84. The Bertz CT molecular complexity index is 627. The first kappa shape index (κ1) is 17.6. The van der Waals surface area contributed by atoms with Crippen molar-refractivity contribution in [1.82, 2.24) is 5.32 Å². The van der Waals surface area contributed by atoms with Crippen molar-refractivity contribution in [2.24, 2.45) is 0 Å². The van der Waals surface area contributed by atoms with Gasteiger partial charge in [-0.2, -0.15) is 0 Å². The summed E-state index contributed by atoms with van der Waals surface area (Å²) in [5.74, 6) is 1.52. The minimum Gasteiger partial charge on any atom is -0.490 e. The van der Waals surface area contributed by atoms with E-state index in [-0.39, 0.29) is 11.9 Å². The van der Waals surface area contributed by atoms with Crippen LogP contribution < -0.4 is 20.1 Å². The van der Waals surface area contributed by atoms with Gasteiger partial charge in [-0.1, -0.05) is 11.6 Å². The van der Waals surface area contributed by atoms with Crippen LogP contribution in [0.15, 0.2) is 29.8 Å². The zero-order valence-electron chi connectivity index (χ0n) is 15.0. The van der Waals surface area contributed by atoms with Gasteiger partial charge in [0.05, 0.1) is 13.2 Å². The van der Waals surface area contributed by atoms with Crippen molar-refractivity contribution in [3.05, 3.63) is 29.8 Å². The highest BCUT2D eigenvalue weighted by atomic mass is 16.5. The first-order valence-electron chi connectivity index (χ1n) is 9.34. The molecule has 1 heterocycles. The summed E-state index contributed by atoms with van der Waals surface area (Å²) in [6, 6.07) is 5.41. The number of ether oxygens (including phenoxy) is 2. The van der Waals surface area contributed by atoms with Crippen LogP contribution in [0.4, 0.5) is 5.69 Å². The van der Waals surface area contributed by atoms with Crippen LogP contribution in [0.2, 0.25) is 0 Å². The maximum Gasteiger partial charge on any atom is 0.242 e. The fourth-order valence-electron chi connectivity index (χ4n) is 3.20. The van der Waals surface area contributed by atoms with Crippen LogP contribution in [0.3, 0.4) is 0 Å². The SMILES string of the molecule is C[C@@H](Nc1ccc2c(c1)OCCCO2)C(=O)NCCC1=CCCCC1. The Morgan fingerprint density at radius 1 is 1.16 bits per heavy atom. The number of hydrogen-bond acceptors (Lipinski definition) is 4. The third-order valence-corrected chi connectivity index (χ3v) is 4.65. The van der Waals surface area contributed by atoms with Crippen LogP contribution in [-0.2, 0) is 4.79 Å². The molecule has 0 bridgehead atoms. The van der Waals surface area contributed by atoms with Crippen molar-refractivity contribution < 1.29 is 14.3 Å². The zero-order chi connectivity index (χ0) is 17.5. The van der Waals surface area contributed by atoms with Crippen LogP contribution >= 0.6 is 0 Å². The minimum absolute atomic E-state index is 0.0171. The summed E-state index contributed by atoms with van der Waals surface area (Å²) in [4.78, 5) is 12.3. The van der Waals surface area contributed by atoms with E-state index in [1.807, 2.05) is 25.1 Å². The lowest BCUT2D eigenvalue weighted by Gasteiger charge is -2.17. The second-order valence-corrected chi connectivity index (χ2v) is 6.73. The fourth-order valence-corrected chi connectivity index (χ4v) is 3.20. The number of rotatable bonds is 6. The monoisotopic (exact) mass is 344 g/mol. The average Bonchev–Trinajstić information content (AvgIpc) is 2.87. The van der Waals surface area contributed by atoms with Gasteiger partial charge in [0.25, 0.3) is 0 Å². The van der Waals surface area contributed by atoms with Gasteiger partial charge < -0.3 is 20.1 Å². The second kappa shape index (κ2) is 8.79. The van der Waals surface area contributed by atoms with Gasteiger partial charge >= 0.3 is 0 Å². The topological polar surface area (TPSA) is 59.6 Å². The van der Waals surface area contributed by atoms with Crippen LogP contribution in [0.5, 0.6) is 11.5 Å². The van der Waals surface area contributed by atoms with Gasteiger partial charge in [0.2, 0.25) is 5.91 Å². The minimum atomic E-state index is -0.301. The van der Waals surface area contributed by atoms with E-state index >= 15 is 0 Å². The first-order valence-corrected chi connectivity index (χ1v) is 9.34. The van der Waals surface area contributed by atoms with Crippen molar-refractivity contribution >= 4 is 11.6 Å². The molecule has 0 saturated carbocycles. The van der Waals surface area contributed by atoms with E-state index in [0.717, 1.165) is 30.0 Å². The Balaban J connectivity index is 1.47. The average molecular weight is 344 g/mol. The molecule has 5 heteroatoms. The fraction of sp³-hybridized carbons (Fsp3) is 0.550. The van der Waals surface area contributed by atoms with Crippen LogP contribution in [-0.4, -0.2) is 31.7 Å². The Labute approximate surface area is 149 Å². The number of hydrogen-bond donors (Lipinski definition) is 2. The Hall–Kier alpha value is -2.17. The summed E-state index contributed by atoms with van der Waals surface area (Å²) in [6.07, 6.45) is 9.12. The van der Waals surface area contributed by atoms with E-state index in [0.29, 0.717) is 19.8 Å². The largest absolute Gasteiger partial charge is 0.490 e. The quantitative estimate of drug-likeness (QED) is 0.773. The summed E-state index contributed by atoms with van der Waals surface area (Å²) >= 11 is 0. The predicted molar refractivity (Wildman–Crippen MR) is 99.3 cm³/mol. The highest BCUT2D eigenvalue weighted by Crippen LogP contribution is 2.32. The number of amides is 1. The van der Waals surface area contributed by atoms with E-state index in [1.165, 1.54) is 31.3 Å². The van der Waals surface area contributed by atoms with Gasteiger partial charge in [0.15, 0.2) is 11.5 Å². The van der Waals surface area contributed by atoms with Gasteiger partial charge in [-0.25, -0.2) is 0 Å². The predicted octanol–water partition coefficient (Wildman–Crippen LogP) is 3.66. The van der Waals surface area contributed by atoms with Crippen molar-refractivity contribution in [2.75, 3.05) is 25.1 Å². The molecule has 1 aliphatic carbocycles. The normalized spacial score (nSPS) is 17.9. The second-order valence-electron chi connectivity index (χ2n) is 6.73. The summed E-state index contributed by atoms with van der Waals surface area (Å²) in [5.41, 5.74) is 2.34. The molecule has 136 valence electrons. The van der Waals surface area contributed by atoms with Crippen molar-refractivity contribution in [1.29, 1.82) is 0 Å². The smallest absolute Gasteiger partial charge is 0.242 e. The molecule has 5 nitrogen and oxygen atoms in total. The molecule has 25 heavy (non-hydrogen) atoms. The maximum atomic E-state index is 12.3. The van der Waals surface area contributed by atoms with E-state index < -0.39 is 0 Å². The number of allylic oxidation sites excluding steroid dienone is 1. The molecule has 0 fully saturated rings. The summed E-state index contributed by atoms with van der Waals surface area (Å²) in [6.45, 7) is 3.91. The van der Waals surface area contributed by atoms with Gasteiger partial charge in [-0.05, 0) is 51.2 Å². The van der Waals surface area contributed by atoms with E-state index in [1.54, 1.807) is 0 Å². The molecule has 0 saturated heterocycles. The number of anilines is 1. The summed E-state index contributed by atoms with van der Waals surface area (Å²) in [7, 11) is 0. The van der Waals surface area contributed by atoms with Gasteiger partial charge in [-0.3, -0.25) is 4.79 Å². The van der Waals surface area contributed by atoms with E-state index in [2.05, 4.69) is 16.7 Å². The van der Waals surface area contributed by atoms with Crippen LogP contribution in [0.1, 0.15) is 45.4 Å². The summed E-state index contributed by atoms with van der Waals surface area (Å²) < 4.78 is 11.3. The molecule has 1 aliphatic heterocycles. The van der Waals surface area contributed by atoms with E-state index in [4.69, 9.17) is 9.47 Å². The number of nitrogens with one attached hydrogen (secondary N) is 2. The van der Waals surface area contributed by atoms with Crippen molar-refractivity contribution in [3.63, 3.8) is 0 Å². The third-order valence-electron chi connectivity index (χ3n) is 4.65. The molecule has 1 atom stereocenters. The van der Waals surface area contributed by atoms with Crippen LogP contribution in [0.25, 0.3) is 0 Å². The zero-order valence-corrected chi connectivity index (χ0v) is 15.0. The Morgan fingerprint density at radius 2 is 2.00 bits per heavy atom. The highest BCUT2D eigenvalue weighted by Gasteiger charge is 2.15. The molecule has 0 radical (unpaired) electrons. The van der Waals surface area contributed by atoms with Gasteiger partial charge in [0.1, 0.15) is 6.04 Å². The molecular weight excluding hydrogens is 316 g/mol. The molecule has 0 aromatic heterocycles. The third kappa shape index (κ3) is 5.15. The molecule has 1 amide bonds. The van der Waals surface area contributed by atoms with Crippen molar-refractivity contribution in [3.8, 4) is 11.5 Å². The number of carbonyl (C=O) groups excluding carboxylic acids is 1. The first-order chi connectivity index (χ1) is 12.2. The molecule has 2 aliphatic rings. The van der Waals surface area contributed by atoms with Gasteiger partial charge in [0, 0.05) is 24.7 Å². The Morgan fingerprint density at radius 3 is 2.80 bits per heavy atom. The standard InChI is InChI=1S/C20H28N2O3/c1-15(20(23)21-11-10-16-6-3-2-4-7-16)22-17-8-9-18-19(14-17)25-13-5-12-24-18/h6,8-9,14-15,22H,2-5,7,10-13H2,1H3,(H,21,23)/t15-/m1/s1. The maximum absolute atomic E-state index is 12.3. The number of carbonyl (C=O) groups is 1. The molecule has 0 spiro atoms. The number of benzene rings is 1. The lowest BCUT2D eigenvalue weighted by atomic mass is 9.97. The Kier molecular flexibility index (Phi) is 6.20. The molecule has 2 N–H and O–H groups in total. The number of fused-ring (bicyclic) bond motifs is 1. The summed E-state index contributed by atoms with van der Waals surface area (Å²) in [5, 5.41) is 6.26. The molecule has 1 aromatic carbocycles. The van der Waals surface area contributed by atoms with Crippen LogP contribution in [0, 0.1) is 0 Å². The lowest BCUT2D eigenvalue weighted by Crippen LogP contribution is -2.38. The molecule has 1 aromatic rings. The van der Waals surface area contributed by atoms with E-state index in [9.17, 15) is 4.79 Å². The molecule has 3 rings (SSSR count). The molecule has 0 unspecified atom stereocenters.